The predicted molar refractivity (Wildman–Crippen MR) is 52.5 cm³/mol. The molecule has 0 saturated carbocycles. The maximum Gasteiger partial charge on any atom is 0.171 e. The van der Waals surface area contributed by atoms with Crippen molar-refractivity contribution in [2.75, 3.05) is 0 Å². The first-order valence-corrected chi connectivity index (χ1v) is 4.79. The highest BCUT2D eigenvalue weighted by Crippen LogP contribution is 2.22. The van der Waals surface area contributed by atoms with Crippen molar-refractivity contribution in [1.29, 1.82) is 0 Å². The highest BCUT2D eigenvalue weighted by Gasteiger charge is 2.02. The Bertz CT molecular complexity index is 227. The van der Waals surface area contributed by atoms with Crippen LogP contribution >= 0.6 is 11.6 Å². The summed E-state index contributed by atoms with van der Waals surface area (Å²) in [5.41, 5.74) is 0. The molecule has 0 aliphatic carbocycles. The van der Waals surface area contributed by atoms with E-state index in [1.807, 2.05) is 20.8 Å². The van der Waals surface area contributed by atoms with Crippen molar-refractivity contribution in [3.63, 3.8) is 0 Å². The fourth-order valence-electron chi connectivity index (χ4n) is 0.639. The number of nitrogens with zero attached hydrogens (tertiary/aromatic N) is 2. The lowest BCUT2D eigenvalue weighted by Gasteiger charge is -1.89. The summed E-state index contributed by atoms with van der Waals surface area (Å²) in [6, 6.07) is 0. The van der Waals surface area contributed by atoms with Gasteiger partial charge in [-0.25, -0.2) is 0 Å². The fraction of sp³-hybridized carbons (Fsp3) is 0.571. The molecule has 5 heteroatoms. The first kappa shape index (κ1) is 11.4. The van der Waals surface area contributed by atoms with E-state index < -0.39 is 0 Å². The Morgan fingerprint density at radius 3 is 2.50 bits per heavy atom. The van der Waals surface area contributed by atoms with Crippen molar-refractivity contribution < 1.29 is 5.11 Å². The molecule has 0 aliphatic rings. The number of hydrogen-bond donors (Lipinski definition) is 1. The summed E-state index contributed by atoms with van der Waals surface area (Å²) >= 11 is 0.950. The van der Waals surface area contributed by atoms with E-state index in [0.29, 0.717) is 5.03 Å². The van der Waals surface area contributed by atoms with Crippen LogP contribution in [-0.2, 0) is 6.54 Å². The van der Waals surface area contributed by atoms with Gasteiger partial charge in [-0.2, -0.15) is 16.7 Å². The molecule has 3 nitrogen and oxygen atoms in total. The Balaban J connectivity index is 0.000000561. The smallest absolute Gasteiger partial charge is 0.171 e. The Morgan fingerprint density at radius 2 is 2.25 bits per heavy atom. The van der Waals surface area contributed by atoms with Crippen LogP contribution in [0.25, 0.3) is 0 Å². The standard InChI is InChI=1S/C5H7BN2OS.C2H6/c1-2-8-3-4(9)5(7-8)10-6;1-2/h3,9H,2H2,1H3;1-2H3. The van der Waals surface area contributed by atoms with Crippen LogP contribution in [-0.4, -0.2) is 22.0 Å². The van der Waals surface area contributed by atoms with E-state index in [1.165, 1.54) is 0 Å². The van der Waals surface area contributed by atoms with E-state index in [9.17, 15) is 0 Å². The van der Waals surface area contributed by atoms with Gasteiger partial charge in [0.25, 0.3) is 0 Å². The normalized spacial score (nSPS) is 8.92. The van der Waals surface area contributed by atoms with Gasteiger partial charge in [0.1, 0.15) is 5.03 Å². The Labute approximate surface area is 78.5 Å². The van der Waals surface area contributed by atoms with E-state index in [2.05, 4.69) is 5.10 Å². The molecule has 66 valence electrons. The molecule has 0 spiro atoms. The van der Waals surface area contributed by atoms with Gasteiger partial charge in [-0.15, -0.1) is 0 Å². The van der Waals surface area contributed by atoms with Gasteiger partial charge < -0.3 is 5.11 Å². The minimum Gasteiger partial charge on any atom is -0.504 e. The first-order valence-electron chi connectivity index (χ1n) is 3.91. The second kappa shape index (κ2) is 6.00. The molecule has 0 amide bonds. The SMILES string of the molecule is CC.[B]Sc1nn(CC)cc1O. The van der Waals surface area contributed by atoms with Crippen LogP contribution in [0.1, 0.15) is 20.8 Å². The van der Waals surface area contributed by atoms with Crippen LogP contribution in [0.4, 0.5) is 0 Å². The molecule has 1 heterocycles. The molecule has 0 aliphatic heterocycles. The maximum absolute atomic E-state index is 9.08. The van der Waals surface area contributed by atoms with Crippen molar-refractivity contribution in [1.82, 2.24) is 9.78 Å². The van der Waals surface area contributed by atoms with Crippen LogP contribution in [0.5, 0.6) is 5.75 Å². The largest absolute Gasteiger partial charge is 0.504 e. The van der Waals surface area contributed by atoms with Crippen molar-refractivity contribution in [3.05, 3.63) is 6.20 Å². The molecule has 1 aromatic rings. The fourth-order valence-corrected chi connectivity index (χ4v) is 0.965. The lowest BCUT2D eigenvalue weighted by atomic mass is 10.6. The van der Waals surface area contributed by atoms with Gasteiger partial charge in [-0.05, 0) is 6.92 Å². The molecule has 12 heavy (non-hydrogen) atoms. The monoisotopic (exact) mass is 184 g/mol. The molecule has 2 radical (unpaired) electrons. The van der Waals surface area contributed by atoms with Gasteiger partial charge in [0, 0.05) is 6.54 Å². The molecular weight excluding hydrogens is 171 g/mol. The zero-order valence-corrected chi connectivity index (χ0v) is 8.43. The minimum absolute atomic E-state index is 0.148. The minimum atomic E-state index is 0.148. The molecule has 0 fully saturated rings. The van der Waals surface area contributed by atoms with E-state index >= 15 is 0 Å². The second-order valence-corrected chi connectivity index (χ2v) is 2.42. The molecular formula is C7H13BN2OS. The van der Waals surface area contributed by atoms with Crippen molar-refractivity contribution in [3.8, 4) is 5.75 Å². The van der Waals surface area contributed by atoms with Gasteiger partial charge >= 0.3 is 0 Å². The summed E-state index contributed by atoms with van der Waals surface area (Å²) in [4.78, 5) is 0. The van der Waals surface area contributed by atoms with Gasteiger partial charge in [0.2, 0.25) is 0 Å². The van der Waals surface area contributed by atoms with Crippen LogP contribution in [0.15, 0.2) is 11.2 Å². The number of aryl methyl sites for hydroxylation is 1. The lowest BCUT2D eigenvalue weighted by molar-refractivity contribution is 0.462. The Hall–Kier alpha value is -0.575. The van der Waals surface area contributed by atoms with E-state index in [4.69, 9.17) is 12.2 Å². The molecule has 0 aromatic carbocycles. The van der Waals surface area contributed by atoms with Gasteiger partial charge in [0.15, 0.2) is 12.9 Å². The highest BCUT2D eigenvalue weighted by molar-refractivity contribution is 8.19. The molecule has 1 rings (SSSR count). The van der Waals surface area contributed by atoms with Gasteiger partial charge in [0.05, 0.1) is 6.20 Å². The maximum atomic E-state index is 9.08. The van der Waals surface area contributed by atoms with Crippen molar-refractivity contribution >= 4 is 18.7 Å². The summed E-state index contributed by atoms with van der Waals surface area (Å²) < 4.78 is 1.63. The number of aromatic nitrogens is 2. The van der Waals surface area contributed by atoms with Crippen molar-refractivity contribution in [2.24, 2.45) is 0 Å². The summed E-state index contributed by atoms with van der Waals surface area (Å²) in [5, 5.41) is 13.5. The molecule has 0 atom stereocenters. The average Bonchev–Trinajstić information content (AvgIpc) is 2.49. The van der Waals surface area contributed by atoms with E-state index in [0.717, 1.165) is 18.2 Å². The molecule has 0 saturated heterocycles. The molecule has 1 aromatic heterocycles. The van der Waals surface area contributed by atoms with Crippen LogP contribution in [0.3, 0.4) is 0 Å². The zero-order chi connectivity index (χ0) is 9.56. The van der Waals surface area contributed by atoms with Gasteiger partial charge in [-0.3, -0.25) is 4.68 Å². The third-order valence-electron chi connectivity index (χ3n) is 1.15. The zero-order valence-electron chi connectivity index (χ0n) is 7.61. The summed E-state index contributed by atoms with van der Waals surface area (Å²) in [7, 11) is 5.20. The second-order valence-electron chi connectivity index (χ2n) is 1.79. The van der Waals surface area contributed by atoms with Crippen LogP contribution in [0.2, 0.25) is 0 Å². The molecule has 0 unspecified atom stereocenters. The summed E-state index contributed by atoms with van der Waals surface area (Å²) in [6.07, 6.45) is 1.55. The summed E-state index contributed by atoms with van der Waals surface area (Å²) in [5.74, 6) is 0.148. The Morgan fingerprint density at radius 1 is 1.67 bits per heavy atom. The van der Waals surface area contributed by atoms with E-state index in [-0.39, 0.29) is 5.75 Å². The first-order chi connectivity index (χ1) is 5.77. The molecule has 0 bridgehead atoms. The van der Waals surface area contributed by atoms with Crippen molar-refractivity contribution in [2.45, 2.75) is 32.3 Å². The van der Waals surface area contributed by atoms with Gasteiger partial charge in [-0.1, -0.05) is 13.8 Å². The quantitative estimate of drug-likeness (QED) is 0.712. The van der Waals surface area contributed by atoms with Crippen LogP contribution < -0.4 is 0 Å². The lowest BCUT2D eigenvalue weighted by Crippen LogP contribution is -1.93. The number of rotatable bonds is 2. The van der Waals surface area contributed by atoms with Crippen LogP contribution in [0, 0.1) is 0 Å². The predicted octanol–water partition coefficient (Wildman–Crippen LogP) is 1.81. The third kappa shape index (κ3) is 2.81. The summed E-state index contributed by atoms with van der Waals surface area (Å²) in [6.45, 7) is 6.69. The highest BCUT2D eigenvalue weighted by atomic mass is 32.2. The average molecular weight is 184 g/mol. The Kier molecular flexibility index (Phi) is 5.71. The molecule has 1 N–H and O–H groups in total. The third-order valence-corrected chi connectivity index (χ3v) is 1.66. The number of hydrogen-bond acceptors (Lipinski definition) is 3. The number of aromatic hydroxyl groups is 1. The van der Waals surface area contributed by atoms with E-state index in [1.54, 1.807) is 10.9 Å². The topological polar surface area (TPSA) is 38.0 Å².